The molecule has 3 aromatic rings. The molecule has 0 saturated carbocycles. The van der Waals surface area contributed by atoms with Gasteiger partial charge >= 0.3 is 0 Å². The summed E-state index contributed by atoms with van der Waals surface area (Å²) in [5, 5.41) is 4.40. The van der Waals surface area contributed by atoms with Crippen LogP contribution in [-0.2, 0) is 30.0 Å². The monoisotopic (exact) mass is 353 g/mol. The highest BCUT2D eigenvalue weighted by atomic mass is 32.2. The van der Waals surface area contributed by atoms with E-state index in [-0.39, 0.29) is 4.90 Å². The van der Waals surface area contributed by atoms with E-state index < -0.39 is 10.0 Å². The predicted molar refractivity (Wildman–Crippen MR) is 96.4 cm³/mol. The fourth-order valence-electron chi connectivity index (χ4n) is 3.27. The number of hydrogen-bond donors (Lipinski definition) is 0. The van der Waals surface area contributed by atoms with Crippen LogP contribution in [0.3, 0.4) is 0 Å². The summed E-state index contributed by atoms with van der Waals surface area (Å²) in [5.74, 6) is 0. The van der Waals surface area contributed by atoms with Gasteiger partial charge in [-0.2, -0.15) is 9.40 Å². The molecule has 0 N–H and O–H groups in total. The van der Waals surface area contributed by atoms with Crippen LogP contribution in [0.4, 0.5) is 0 Å². The highest BCUT2D eigenvalue weighted by Crippen LogP contribution is 2.30. The maximum atomic E-state index is 13.3. The third-order valence-electron chi connectivity index (χ3n) is 4.56. The SMILES string of the molecule is Cn1cc(S(=O)(=O)N2CCc3ccccc3C2)c(-c2ccccc2)n1. The van der Waals surface area contributed by atoms with Crippen molar-refractivity contribution in [3.05, 3.63) is 71.9 Å². The number of fused-ring (bicyclic) bond motifs is 1. The van der Waals surface area contributed by atoms with Gasteiger partial charge in [-0.05, 0) is 17.5 Å². The molecule has 1 aliphatic heterocycles. The quantitative estimate of drug-likeness (QED) is 0.727. The fourth-order valence-corrected chi connectivity index (χ4v) is 4.87. The lowest BCUT2D eigenvalue weighted by Gasteiger charge is -2.27. The molecule has 0 spiro atoms. The Bertz CT molecular complexity index is 1010. The van der Waals surface area contributed by atoms with Gasteiger partial charge in [0, 0.05) is 31.9 Å². The Kier molecular flexibility index (Phi) is 3.94. The summed E-state index contributed by atoms with van der Waals surface area (Å²) in [5.41, 5.74) is 3.60. The molecule has 0 fully saturated rings. The fraction of sp³-hybridized carbons (Fsp3) is 0.211. The van der Waals surface area contributed by atoms with Gasteiger partial charge in [0.15, 0.2) is 0 Å². The van der Waals surface area contributed by atoms with E-state index in [1.807, 2.05) is 48.5 Å². The molecule has 0 unspecified atom stereocenters. The zero-order valence-corrected chi connectivity index (χ0v) is 14.8. The summed E-state index contributed by atoms with van der Waals surface area (Å²) in [6.45, 7) is 0.893. The summed E-state index contributed by atoms with van der Waals surface area (Å²) in [7, 11) is -1.87. The summed E-state index contributed by atoms with van der Waals surface area (Å²) >= 11 is 0. The van der Waals surface area contributed by atoms with E-state index in [9.17, 15) is 8.42 Å². The molecule has 0 saturated heterocycles. The van der Waals surface area contributed by atoms with Crippen molar-refractivity contribution >= 4 is 10.0 Å². The minimum atomic E-state index is -3.61. The highest BCUT2D eigenvalue weighted by Gasteiger charge is 2.32. The summed E-state index contributed by atoms with van der Waals surface area (Å²) < 4.78 is 29.7. The Morgan fingerprint density at radius 1 is 0.960 bits per heavy atom. The number of aromatic nitrogens is 2. The number of aryl methyl sites for hydroxylation is 1. The van der Waals surface area contributed by atoms with E-state index in [0.717, 1.165) is 17.5 Å². The molecule has 25 heavy (non-hydrogen) atoms. The normalized spacial score (nSPS) is 15.1. The van der Waals surface area contributed by atoms with Crippen LogP contribution < -0.4 is 0 Å². The lowest BCUT2D eigenvalue weighted by Crippen LogP contribution is -2.36. The molecule has 128 valence electrons. The Balaban J connectivity index is 1.75. The number of hydrogen-bond acceptors (Lipinski definition) is 3. The highest BCUT2D eigenvalue weighted by molar-refractivity contribution is 7.89. The average molecular weight is 353 g/mol. The van der Waals surface area contributed by atoms with E-state index in [2.05, 4.69) is 11.2 Å². The van der Waals surface area contributed by atoms with Gasteiger partial charge in [-0.15, -0.1) is 0 Å². The van der Waals surface area contributed by atoms with Gasteiger partial charge in [0.25, 0.3) is 0 Å². The summed E-state index contributed by atoms with van der Waals surface area (Å²) in [6, 6.07) is 17.5. The van der Waals surface area contributed by atoms with Crippen molar-refractivity contribution in [1.82, 2.24) is 14.1 Å². The van der Waals surface area contributed by atoms with E-state index in [0.29, 0.717) is 18.8 Å². The van der Waals surface area contributed by atoms with Gasteiger partial charge in [-0.3, -0.25) is 4.68 Å². The Labute approximate surface area is 147 Å². The van der Waals surface area contributed by atoms with Crippen molar-refractivity contribution in [2.75, 3.05) is 6.54 Å². The Hall–Kier alpha value is -2.44. The van der Waals surface area contributed by atoms with Crippen molar-refractivity contribution in [2.45, 2.75) is 17.9 Å². The van der Waals surface area contributed by atoms with Crippen LogP contribution in [0.25, 0.3) is 11.3 Å². The molecule has 1 aliphatic rings. The second-order valence-corrected chi connectivity index (χ2v) is 8.15. The lowest BCUT2D eigenvalue weighted by atomic mass is 10.0. The van der Waals surface area contributed by atoms with Crippen LogP contribution in [0.15, 0.2) is 65.7 Å². The van der Waals surface area contributed by atoms with E-state index in [1.54, 1.807) is 22.2 Å². The second kappa shape index (κ2) is 6.13. The molecule has 0 bridgehead atoms. The van der Waals surface area contributed by atoms with E-state index >= 15 is 0 Å². The molecule has 4 rings (SSSR count). The number of benzene rings is 2. The maximum Gasteiger partial charge on any atom is 0.247 e. The van der Waals surface area contributed by atoms with E-state index in [4.69, 9.17) is 0 Å². The second-order valence-electron chi connectivity index (χ2n) is 6.24. The largest absolute Gasteiger partial charge is 0.274 e. The number of sulfonamides is 1. The van der Waals surface area contributed by atoms with Gasteiger partial charge in [-0.25, -0.2) is 8.42 Å². The molecule has 0 atom stereocenters. The maximum absolute atomic E-state index is 13.3. The topological polar surface area (TPSA) is 55.2 Å². The standard InChI is InChI=1S/C19H19N3O2S/c1-21-14-18(19(20-21)16-8-3-2-4-9-16)25(23,24)22-12-11-15-7-5-6-10-17(15)13-22/h2-10,14H,11-13H2,1H3. The van der Waals surface area contributed by atoms with Crippen molar-refractivity contribution < 1.29 is 8.42 Å². The molecular formula is C19H19N3O2S. The van der Waals surface area contributed by atoms with Gasteiger partial charge in [0.1, 0.15) is 10.6 Å². The third-order valence-corrected chi connectivity index (χ3v) is 6.40. The molecule has 0 radical (unpaired) electrons. The van der Waals surface area contributed by atoms with Gasteiger partial charge in [0.2, 0.25) is 10.0 Å². The van der Waals surface area contributed by atoms with Crippen LogP contribution in [-0.4, -0.2) is 29.0 Å². The van der Waals surface area contributed by atoms with Gasteiger partial charge in [0.05, 0.1) is 0 Å². The lowest BCUT2D eigenvalue weighted by molar-refractivity contribution is 0.391. The summed E-state index contributed by atoms with van der Waals surface area (Å²) in [4.78, 5) is 0.264. The smallest absolute Gasteiger partial charge is 0.247 e. The summed E-state index contributed by atoms with van der Waals surface area (Å²) in [6.07, 6.45) is 2.33. The first kappa shape index (κ1) is 16.1. The van der Waals surface area contributed by atoms with Crippen LogP contribution in [0.5, 0.6) is 0 Å². The predicted octanol–water partition coefficient (Wildman–Crippen LogP) is 2.83. The molecular weight excluding hydrogens is 334 g/mol. The molecule has 5 nitrogen and oxygen atoms in total. The molecule has 6 heteroatoms. The third kappa shape index (κ3) is 2.88. The van der Waals surface area contributed by atoms with Crippen LogP contribution in [0.1, 0.15) is 11.1 Å². The number of nitrogens with zero attached hydrogens (tertiary/aromatic N) is 3. The van der Waals surface area contributed by atoms with Gasteiger partial charge < -0.3 is 0 Å². The molecule has 0 amide bonds. The van der Waals surface area contributed by atoms with Crippen LogP contribution in [0, 0.1) is 0 Å². The average Bonchev–Trinajstić information content (AvgIpc) is 3.05. The van der Waals surface area contributed by atoms with Crippen LogP contribution in [0.2, 0.25) is 0 Å². The van der Waals surface area contributed by atoms with Crippen molar-refractivity contribution in [3.8, 4) is 11.3 Å². The Morgan fingerprint density at radius 3 is 2.40 bits per heavy atom. The van der Waals surface area contributed by atoms with E-state index in [1.165, 1.54) is 5.56 Å². The minimum absolute atomic E-state index is 0.264. The number of rotatable bonds is 3. The minimum Gasteiger partial charge on any atom is -0.274 e. The van der Waals surface area contributed by atoms with Crippen molar-refractivity contribution in [3.63, 3.8) is 0 Å². The van der Waals surface area contributed by atoms with Crippen molar-refractivity contribution in [2.24, 2.45) is 7.05 Å². The zero-order valence-electron chi connectivity index (χ0n) is 14.0. The molecule has 2 heterocycles. The van der Waals surface area contributed by atoms with Crippen LogP contribution >= 0.6 is 0 Å². The van der Waals surface area contributed by atoms with Gasteiger partial charge in [-0.1, -0.05) is 54.6 Å². The molecule has 1 aromatic heterocycles. The Morgan fingerprint density at radius 2 is 1.64 bits per heavy atom. The first-order valence-electron chi connectivity index (χ1n) is 8.22. The first-order valence-corrected chi connectivity index (χ1v) is 9.66. The first-order chi connectivity index (χ1) is 12.1. The zero-order chi connectivity index (χ0) is 17.4. The van der Waals surface area contributed by atoms with Crippen molar-refractivity contribution in [1.29, 1.82) is 0 Å². The molecule has 2 aromatic carbocycles. The molecule has 0 aliphatic carbocycles.